The minimum Gasteiger partial charge on any atom is -0.469 e. The van der Waals surface area contributed by atoms with Gasteiger partial charge in [-0.1, -0.05) is 18.2 Å². The van der Waals surface area contributed by atoms with Crippen molar-refractivity contribution in [3.8, 4) is 5.88 Å². The Morgan fingerprint density at radius 2 is 1.83 bits per heavy atom. The second-order valence-electron chi connectivity index (χ2n) is 3.77. The van der Waals surface area contributed by atoms with E-state index in [1.165, 1.54) is 0 Å². The number of fused-ring (bicyclic) bond motifs is 1. The van der Waals surface area contributed by atoms with Gasteiger partial charge in [-0.15, -0.1) is 11.3 Å². The average Bonchev–Trinajstić information content (AvgIpc) is 2.89. The van der Waals surface area contributed by atoms with Gasteiger partial charge in [-0.25, -0.2) is 9.97 Å². The minimum atomic E-state index is 0.324. The number of nitrogen functional groups attached to an aromatic ring is 1. The van der Waals surface area contributed by atoms with Crippen molar-refractivity contribution in [3.63, 3.8) is 0 Å². The Morgan fingerprint density at radius 3 is 2.56 bits per heavy atom. The molecule has 90 valence electrons. The fraction of sp³-hybridized carbons (Fsp3) is 0.0769. The molecule has 3 aromatic rings. The zero-order valence-electron chi connectivity index (χ0n) is 9.54. The van der Waals surface area contributed by atoms with Crippen molar-refractivity contribution in [1.82, 2.24) is 9.97 Å². The fourth-order valence-electron chi connectivity index (χ4n) is 1.64. The summed E-state index contributed by atoms with van der Waals surface area (Å²) in [6.07, 6.45) is 0. The molecule has 0 aliphatic carbocycles. The molecule has 0 spiro atoms. The van der Waals surface area contributed by atoms with Crippen LogP contribution < -0.4 is 10.5 Å². The number of para-hydroxylation sites is 2. The number of benzene rings is 1. The molecule has 3 rings (SSSR count). The Balaban J connectivity index is 1.89. The van der Waals surface area contributed by atoms with Crippen LogP contribution in [-0.2, 0) is 6.61 Å². The van der Waals surface area contributed by atoms with Crippen molar-refractivity contribution >= 4 is 28.2 Å². The van der Waals surface area contributed by atoms with E-state index in [9.17, 15) is 0 Å². The molecule has 0 radical (unpaired) electrons. The third-order valence-electron chi connectivity index (χ3n) is 2.49. The zero-order chi connectivity index (χ0) is 12.4. The van der Waals surface area contributed by atoms with Gasteiger partial charge < -0.3 is 10.5 Å². The lowest BCUT2D eigenvalue weighted by atomic mass is 10.3. The molecule has 1 aromatic carbocycles. The third-order valence-corrected chi connectivity index (χ3v) is 3.34. The van der Waals surface area contributed by atoms with E-state index in [0.717, 1.165) is 15.9 Å². The highest BCUT2D eigenvalue weighted by Crippen LogP contribution is 2.22. The Hall–Kier alpha value is -2.14. The first-order chi connectivity index (χ1) is 8.83. The number of anilines is 1. The maximum atomic E-state index is 5.83. The van der Waals surface area contributed by atoms with Gasteiger partial charge in [0.1, 0.15) is 6.61 Å². The maximum absolute atomic E-state index is 5.83. The van der Waals surface area contributed by atoms with E-state index in [-0.39, 0.29) is 0 Å². The number of aromatic nitrogens is 2. The molecule has 2 heterocycles. The van der Waals surface area contributed by atoms with Crippen LogP contribution in [0.2, 0.25) is 0 Å². The molecular formula is C13H11N3OS. The maximum Gasteiger partial charge on any atom is 0.258 e. The van der Waals surface area contributed by atoms with Crippen LogP contribution in [0.3, 0.4) is 0 Å². The molecule has 0 saturated carbocycles. The zero-order valence-corrected chi connectivity index (χ0v) is 10.4. The van der Waals surface area contributed by atoms with Gasteiger partial charge in [-0.2, -0.15) is 0 Å². The first-order valence-corrected chi connectivity index (χ1v) is 6.38. The van der Waals surface area contributed by atoms with Gasteiger partial charge in [-0.3, -0.25) is 0 Å². The molecule has 0 atom stereocenters. The largest absolute Gasteiger partial charge is 0.469 e. The highest BCUT2D eigenvalue weighted by molar-refractivity contribution is 7.09. The third kappa shape index (κ3) is 2.12. The van der Waals surface area contributed by atoms with Gasteiger partial charge in [-0.05, 0) is 23.6 Å². The molecular weight excluding hydrogens is 246 g/mol. The summed E-state index contributed by atoms with van der Waals surface area (Å²) in [5.74, 6) is 0.715. The van der Waals surface area contributed by atoms with E-state index in [4.69, 9.17) is 10.5 Å². The summed E-state index contributed by atoms with van der Waals surface area (Å²) < 4.78 is 5.60. The van der Waals surface area contributed by atoms with E-state index in [2.05, 4.69) is 9.97 Å². The Labute approximate surface area is 108 Å². The van der Waals surface area contributed by atoms with Crippen molar-refractivity contribution in [2.75, 3.05) is 5.73 Å². The summed E-state index contributed by atoms with van der Waals surface area (Å²) in [6.45, 7) is 0.467. The van der Waals surface area contributed by atoms with E-state index >= 15 is 0 Å². The van der Waals surface area contributed by atoms with Gasteiger partial charge in [0.2, 0.25) is 0 Å². The van der Waals surface area contributed by atoms with Crippen LogP contribution >= 0.6 is 11.3 Å². The molecule has 0 unspecified atom stereocenters. The van der Waals surface area contributed by atoms with Gasteiger partial charge in [0.15, 0.2) is 5.82 Å². The minimum absolute atomic E-state index is 0.324. The molecule has 0 fully saturated rings. The van der Waals surface area contributed by atoms with E-state index in [1.54, 1.807) is 11.3 Å². The van der Waals surface area contributed by atoms with Crippen LogP contribution in [0.4, 0.5) is 5.82 Å². The van der Waals surface area contributed by atoms with Crippen LogP contribution in [0.5, 0.6) is 5.88 Å². The standard InChI is InChI=1S/C13H11N3OS/c14-12-13(17-8-9-4-3-7-18-9)16-11-6-2-1-5-10(11)15-12/h1-7H,8H2,(H2,14,15). The Morgan fingerprint density at radius 1 is 1.06 bits per heavy atom. The number of hydrogen-bond donors (Lipinski definition) is 1. The number of thiophene rings is 1. The molecule has 2 N–H and O–H groups in total. The fourth-order valence-corrected chi connectivity index (χ4v) is 2.25. The predicted octanol–water partition coefficient (Wildman–Crippen LogP) is 2.85. The van der Waals surface area contributed by atoms with Crippen LogP contribution in [0.25, 0.3) is 11.0 Å². The van der Waals surface area contributed by atoms with Gasteiger partial charge in [0, 0.05) is 4.88 Å². The summed E-state index contributed by atoms with van der Waals surface area (Å²) in [6, 6.07) is 11.6. The number of ether oxygens (including phenoxy) is 1. The second kappa shape index (κ2) is 4.62. The monoisotopic (exact) mass is 257 g/mol. The predicted molar refractivity (Wildman–Crippen MR) is 72.6 cm³/mol. The normalized spacial score (nSPS) is 10.7. The summed E-state index contributed by atoms with van der Waals surface area (Å²) in [5, 5.41) is 2.01. The highest BCUT2D eigenvalue weighted by Gasteiger charge is 2.07. The van der Waals surface area contributed by atoms with Crippen LogP contribution in [0.1, 0.15) is 4.88 Å². The molecule has 2 aromatic heterocycles. The molecule has 0 aliphatic rings. The lowest BCUT2D eigenvalue weighted by Crippen LogP contribution is -2.02. The van der Waals surface area contributed by atoms with Crippen molar-refractivity contribution in [2.45, 2.75) is 6.61 Å². The first kappa shape index (κ1) is 11.0. The topological polar surface area (TPSA) is 61.0 Å². The van der Waals surface area contributed by atoms with E-state index in [1.807, 2.05) is 41.8 Å². The second-order valence-corrected chi connectivity index (χ2v) is 4.80. The average molecular weight is 257 g/mol. The molecule has 18 heavy (non-hydrogen) atoms. The lowest BCUT2D eigenvalue weighted by Gasteiger charge is -2.07. The number of hydrogen-bond acceptors (Lipinski definition) is 5. The van der Waals surface area contributed by atoms with Crippen molar-refractivity contribution in [3.05, 3.63) is 46.7 Å². The Kier molecular flexibility index (Phi) is 2.82. The Bertz CT molecular complexity index is 667. The van der Waals surface area contributed by atoms with E-state index < -0.39 is 0 Å². The number of rotatable bonds is 3. The van der Waals surface area contributed by atoms with Crippen LogP contribution in [0.15, 0.2) is 41.8 Å². The lowest BCUT2D eigenvalue weighted by molar-refractivity contribution is 0.299. The van der Waals surface area contributed by atoms with E-state index in [0.29, 0.717) is 18.3 Å². The van der Waals surface area contributed by atoms with Crippen molar-refractivity contribution in [1.29, 1.82) is 0 Å². The van der Waals surface area contributed by atoms with Gasteiger partial charge >= 0.3 is 0 Å². The van der Waals surface area contributed by atoms with Gasteiger partial charge in [0.05, 0.1) is 11.0 Å². The highest BCUT2D eigenvalue weighted by atomic mass is 32.1. The molecule has 0 bridgehead atoms. The number of nitrogens with zero attached hydrogens (tertiary/aromatic N) is 2. The van der Waals surface area contributed by atoms with Crippen molar-refractivity contribution in [2.24, 2.45) is 0 Å². The smallest absolute Gasteiger partial charge is 0.258 e. The van der Waals surface area contributed by atoms with Gasteiger partial charge in [0.25, 0.3) is 5.88 Å². The molecule has 5 heteroatoms. The summed E-state index contributed by atoms with van der Waals surface area (Å²) in [7, 11) is 0. The summed E-state index contributed by atoms with van der Waals surface area (Å²) in [4.78, 5) is 9.77. The van der Waals surface area contributed by atoms with Crippen LogP contribution in [-0.4, -0.2) is 9.97 Å². The molecule has 4 nitrogen and oxygen atoms in total. The molecule has 0 aliphatic heterocycles. The first-order valence-electron chi connectivity index (χ1n) is 5.50. The quantitative estimate of drug-likeness (QED) is 0.783. The summed E-state index contributed by atoms with van der Waals surface area (Å²) >= 11 is 1.64. The molecule has 0 amide bonds. The molecule has 0 saturated heterocycles. The van der Waals surface area contributed by atoms with Crippen molar-refractivity contribution < 1.29 is 4.74 Å². The van der Waals surface area contributed by atoms with Crippen LogP contribution in [0, 0.1) is 0 Å². The summed E-state index contributed by atoms with van der Waals surface area (Å²) in [5.41, 5.74) is 7.39. The number of nitrogens with two attached hydrogens (primary N) is 1. The SMILES string of the molecule is Nc1nc2ccccc2nc1OCc1cccs1.